The van der Waals surface area contributed by atoms with E-state index in [-0.39, 0.29) is 0 Å². The fraction of sp³-hybridized carbons (Fsp3) is 0.667. The Kier molecular flexibility index (Phi) is 2.74. The van der Waals surface area contributed by atoms with Crippen molar-refractivity contribution in [1.29, 1.82) is 0 Å². The van der Waals surface area contributed by atoms with Gasteiger partial charge in [-0.15, -0.1) is 5.10 Å². The number of hydrogen-bond donors (Lipinski definition) is 2. The van der Waals surface area contributed by atoms with E-state index < -0.39 is 0 Å². The lowest BCUT2D eigenvalue weighted by molar-refractivity contribution is 0.631. The predicted octanol–water partition coefficient (Wildman–Crippen LogP) is 1.13. The lowest BCUT2D eigenvalue weighted by Gasteiger charge is -2.11. The Balaban J connectivity index is 1.61. The van der Waals surface area contributed by atoms with Crippen molar-refractivity contribution in [2.24, 2.45) is 0 Å². The molecule has 0 spiro atoms. The maximum atomic E-state index is 4.27. The first-order valence-electron chi connectivity index (χ1n) is 6.24. The van der Waals surface area contributed by atoms with Crippen LogP contribution in [-0.4, -0.2) is 29.3 Å². The summed E-state index contributed by atoms with van der Waals surface area (Å²) < 4.78 is 0. The smallest absolute Gasteiger partial charge is 0.148 e. The third-order valence-electron chi connectivity index (χ3n) is 3.51. The first-order valence-corrected chi connectivity index (χ1v) is 6.24. The van der Waals surface area contributed by atoms with Crippen molar-refractivity contribution >= 4 is 5.82 Å². The molecular weight excluding hydrogens is 200 g/mol. The number of fused-ring (bicyclic) bond motifs is 1. The van der Waals surface area contributed by atoms with Gasteiger partial charge in [-0.2, -0.15) is 5.10 Å². The van der Waals surface area contributed by atoms with Crippen molar-refractivity contribution in [2.75, 3.05) is 18.4 Å². The monoisotopic (exact) mass is 218 g/mol. The quantitative estimate of drug-likeness (QED) is 0.798. The number of aryl methyl sites for hydroxylation is 2. The predicted molar refractivity (Wildman–Crippen MR) is 63.6 cm³/mol. The summed E-state index contributed by atoms with van der Waals surface area (Å²) in [5, 5.41) is 15.3. The Hall–Kier alpha value is -1.16. The number of rotatable bonds is 3. The van der Waals surface area contributed by atoms with Crippen LogP contribution in [0.25, 0.3) is 0 Å². The minimum atomic E-state index is 0.607. The highest BCUT2D eigenvalue weighted by Crippen LogP contribution is 2.20. The molecule has 0 aromatic carbocycles. The molecule has 0 amide bonds. The van der Waals surface area contributed by atoms with E-state index in [9.17, 15) is 0 Å². The maximum absolute atomic E-state index is 4.27. The lowest BCUT2D eigenvalue weighted by atomic mass is 10.2. The number of anilines is 1. The van der Waals surface area contributed by atoms with Crippen LogP contribution in [0.2, 0.25) is 0 Å². The van der Waals surface area contributed by atoms with Gasteiger partial charge in [-0.25, -0.2) is 0 Å². The van der Waals surface area contributed by atoms with Crippen LogP contribution < -0.4 is 10.6 Å². The number of aromatic nitrogens is 2. The van der Waals surface area contributed by atoms with E-state index in [0.717, 1.165) is 25.3 Å². The van der Waals surface area contributed by atoms with Gasteiger partial charge in [0.05, 0.1) is 5.69 Å². The van der Waals surface area contributed by atoms with Crippen LogP contribution in [0.4, 0.5) is 5.82 Å². The molecule has 0 bridgehead atoms. The maximum Gasteiger partial charge on any atom is 0.148 e. The second-order valence-electron chi connectivity index (χ2n) is 4.73. The standard InChI is InChI=1S/C12H18N4/c1-3-9-7-12(16-15-11(9)5-1)14-8-10-4-2-6-13-10/h7,10,13H,1-6,8H2,(H,14,16). The van der Waals surface area contributed by atoms with E-state index in [1.54, 1.807) is 0 Å². The summed E-state index contributed by atoms with van der Waals surface area (Å²) in [7, 11) is 0. The third kappa shape index (κ3) is 2.02. The largest absolute Gasteiger partial charge is 0.367 e. The van der Waals surface area contributed by atoms with Crippen LogP contribution in [0.3, 0.4) is 0 Å². The highest BCUT2D eigenvalue weighted by atomic mass is 15.2. The Morgan fingerprint density at radius 1 is 1.31 bits per heavy atom. The van der Waals surface area contributed by atoms with Gasteiger partial charge in [-0.1, -0.05) is 0 Å². The van der Waals surface area contributed by atoms with Crippen LogP contribution in [-0.2, 0) is 12.8 Å². The Morgan fingerprint density at radius 2 is 2.31 bits per heavy atom. The summed E-state index contributed by atoms with van der Waals surface area (Å²) in [5.41, 5.74) is 2.58. The highest BCUT2D eigenvalue weighted by molar-refractivity contribution is 5.39. The lowest BCUT2D eigenvalue weighted by Crippen LogP contribution is -2.29. The minimum absolute atomic E-state index is 0.607. The summed E-state index contributed by atoms with van der Waals surface area (Å²) in [5.74, 6) is 0.939. The van der Waals surface area contributed by atoms with Crippen molar-refractivity contribution in [3.63, 3.8) is 0 Å². The van der Waals surface area contributed by atoms with Crippen molar-refractivity contribution in [1.82, 2.24) is 15.5 Å². The molecule has 1 unspecified atom stereocenters. The van der Waals surface area contributed by atoms with Gasteiger partial charge in [-0.05, 0) is 50.3 Å². The zero-order valence-electron chi connectivity index (χ0n) is 9.50. The molecule has 1 aromatic rings. The van der Waals surface area contributed by atoms with Crippen LogP contribution in [0.15, 0.2) is 6.07 Å². The average Bonchev–Trinajstić information content (AvgIpc) is 2.97. The molecule has 0 radical (unpaired) electrons. The van der Waals surface area contributed by atoms with Crippen LogP contribution in [0.5, 0.6) is 0 Å². The molecule has 1 aliphatic carbocycles. The fourth-order valence-corrected chi connectivity index (χ4v) is 2.57. The van der Waals surface area contributed by atoms with E-state index in [2.05, 4.69) is 26.9 Å². The molecule has 2 heterocycles. The van der Waals surface area contributed by atoms with Crippen molar-refractivity contribution in [3.8, 4) is 0 Å². The van der Waals surface area contributed by atoms with Gasteiger partial charge < -0.3 is 10.6 Å². The van der Waals surface area contributed by atoms with Crippen molar-refractivity contribution in [2.45, 2.75) is 38.1 Å². The first kappa shape index (κ1) is 10.0. The summed E-state index contributed by atoms with van der Waals surface area (Å²) in [6.45, 7) is 2.12. The van der Waals surface area contributed by atoms with Gasteiger partial charge in [0.15, 0.2) is 0 Å². The minimum Gasteiger partial charge on any atom is -0.367 e. The van der Waals surface area contributed by atoms with Gasteiger partial charge in [0, 0.05) is 12.6 Å². The topological polar surface area (TPSA) is 49.8 Å². The van der Waals surface area contributed by atoms with Crippen LogP contribution in [0, 0.1) is 0 Å². The molecule has 2 aliphatic rings. The van der Waals surface area contributed by atoms with Crippen molar-refractivity contribution in [3.05, 3.63) is 17.3 Å². The van der Waals surface area contributed by atoms with Gasteiger partial charge in [0.1, 0.15) is 5.82 Å². The van der Waals surface area contributed by atoms with E-state index in [4.69, 9.17) is 0 Å². The Labute approximate surface area is 95.8 Å². The van der Waals surface area contributed by atoms with E-state index >= 15 is 0 Å². The highest BCUT2D eigenvalue weighted by Gasteiger charge is 2.16. The summed E-state index contributed by atoms with van der Waals surface area (Å²) in [6.07, 6.45) is 6.07. The molecule has 16 heavy (non-hydrogen) atoms. The third-order valence-corrected chi connectivity index (χ3v) is 3.51. The molecule has 2 N–H and O–H groups in total. The fourth-order valence-electron chi connectivity index (χ4n) is 2.57. The molecule has 0 saturated carbocycles. The van der Waals surface area contributed by atoms with Crippen LogP contribution >= 0.6 is 0 Å². The first-order chi connectivity index (χ1) is 7.92. The summed E-state index contributed by atoms with van der Waals surface area (Å²) in [6, 6.07) is 2.78. The van der Waals surface area contributed by atoms with E-state index in [1.807, 2.05) is 0 Å². The molecule has 1 aliphatic heterocycles. The molecule has 1 aromatic heterocycles. The van der Waals surface area contributed by atoms with Crippen LogP contribution in [0.1, 0.15) is 30.5 Å². The van der Waals surface area contributed by atoms with Gasteiger partial charge in [-0.3, -0.25) is 0 Å². The molecule has 4 nitrogen and oxygen atoms in total. The summed E-state index contributed by atoms with van der Waals surface area (Å²) in [4.78, 5) is 0. The summed E-state index contributed by atoms with van der Waals surface area (Å²) >= 11 is 0. The van der Waals surface area contributed by atoms with E-state index in [1.165, 1.54) is 36.9 Å². The second kappa shape index (κ2) is 4.37. The van der Waals surface area contributed by atoms with Gasteiger partial charge >= 0.3 is 0 Å². The molecule has 1 saturated heterocycles. The zero-order chi connectivity index (χ0) is 10.8. The molecular formula is C12H18N4. The van der Waals surface area contributed by atoms with Crippen molar-refractivity contribution < 1.29 is 0 Å². The number of nitrogens with one attached hydrogen (secondary N) is 2. The zero-order valence-corrected chi connectivity index (χ0v) is 9.50. The van der Waals surface area contributed by atoms with Gasteiger partial charge in [0.2, 0.25) is 0 Å². The Morgan fingerprint density at radius 3 is 3.19 bits per heavy atom. The molecule has 86 valence electrons. The molecule has 4 heteroatoms. The Bertz CT molecular complexity index is 371. The molecule has 1 atom stereocenters. The second-order valence-corrected chi connectivity index (χ2v) is 4.73. The van der Waals surface area contributed by atoms with Gasteiger partial charge in [0.25, 0.3) is 0 Å². The number of hydrogen-bond acceptors (Lipinski definition) is 4. The average molecular weight is 218 g/mol. The molecule has 1 fully saturated rings. The van der Waals surface area contributed by atoms with E-state index in [0.29, 0.717) is 6.04 Å². The normalized spacial score (nSPS) is 23.4. The number of nitrogens with zero attached hydrogens (tertiary/aromatic N) is 2. The molecule has 3 rings (SSSR count). The SMILES string of the molecule is c1c(NCC2CCCN2)nnc2c1CCC2.